The monoisotopic (exact) mass is 299 g/mol. The summed E-state index contributed by atoms with van der Waals surface area (Å²) in [4.78, 5) is 24.2. The maximum Gasteiger partial charge on any atom is 0.278 e. The minimum atomic E-state index is -0.473. The number of nitro groups is 1. The summed E-state index contributed by atoms with van der Waals surface area (Å²) >= 11 is 0. The number of amides is 1. The zero-order valence-corrected chi connectivity index (χ0v) is 11.9. The number of amidine groups is 1. The molecule has 0 unspecified atom stereocenters. The number of rotatable bonds is 4. The van der Waals surface area contributed by atoms with E-state index >= 15 is 0 Å². The molecule has 0 saturated carbocycles. The molecular formula is C15H15N4O3+. The van der Waals surface area contributed by atoms with Crippen molar-refractivity contribution >= 4 is 28.8 Å². The van der Waals surface area contributed by atoms with E-state index in [2.05, 4.69) is 10.3 Å². The van der Waals surface area contributed by atoms with Crippen molar-refractivity contribution < 1.29 is 14.7 Å². The van der Waals surface area contributed by atoms with Crippen LogP contribution in [0.4, 0.5) is 17.1 Å². The van der Waals surface area contributed by atoms with Crippen molar-refractivity contribution in [2.24, 2.45) is 5.73 Å². The van der Waals surface area contributed by atoms with Crippen LogP contribution in [0.15, 0.2) is 48.5 Å². The maximum absolute atomic E-state index is 10.9. The Hall–Kier alpha value is -3.22. The summed E-state index contributed by atoms with van der Waals surface area (Å²) in [7, 11) is 0. The van der Waals surface area contributed by atoms with Crippen molar-refractivity contribution in [3.8, 4) is 0 Å². The average Bonchev–Trinajstić information content (AvgIpc) is 2.49. The second-order valence-electron chi connectivity index (χ2n) is 4.60. The fourth-order valence-corrected chi connectivity index (χ4v) is 1.85. The number of hydrogen-bond donors (Lipinski definition) is 3. The first-order chi connectivity index (χ1) is 10.5. The number of nitro benzene ring substituents is 1. The zero-order chi connectivity index (χ0) is 16.1. The summed E-state index contributed by atoms with van der Waals surface area (Å²) in [6, 6.07) is 13.0. The Kier molecular flexibility index (Phi) is 4.47. The van der Waals surface area contributed by atoms with Crippen LogP contribution in [0.2, 0.25) is 0 Å². The molecule has 0 aromatic heterocycles. The molecule has 0 bridgehead atoms. The molecule has 2 aromatic rings. The molecule has 0 heterocycles. The molecule has 7 heteroatoms. The van der Waals surface area contributed by atoms with E-state index in [4.69, 9.17) is 5.73 Å². The van der Waals surface area contributed by atoms with Crippen molar-refractivity contribution in [3.63, 3.8) is 0 Å². The van der Waals surface area contributed by atoms with Gasteiger partial charge in [0, 0.05) is 24.7 Å². The molecule has 22 heavy (non-hydrogen) atoms. The van der Waals surface area contributed by atoms with Gasteiger partial charge in [-0.05, 0) is 30.3 Å². The summed E-state index contributed by atoms with van der Waals surface area (Å²) in [6.07, 6.45) is 0. The molecule has 0 aliphatic heterocycles. The van der Waals surface area contributed by atoms with Gasteiger partial charge in [0.15, 0.2) is 0 Å². The van der Waals surface area contributed by atoms with Crippen LogP contribution in [0.25, 0.3) is 0 Å². The SMILES string of the molecule is CC(=O)Nc1ccc([NH+]=C(N)c2cccc([N+](=O)[O-])c2)cc1. The molecule has 112 valence electrons. The average molecular weight is 299 g/mol. The van der Waals surface area contributed by atoms with Crippen LogP contribution >= 0.6 is 0 Å². The van der Waals surface area contributed by atoms with Gasteiger partial charge >= 0.3 is 0 Å². The van der Waals surface area contributed by atoms with Crippen molar-refractivity contribution in [1.82, 2.24) is 0 Å². The zero-order valence-electron chi connectivity index (χ0n) is 11.9. The number of benzene rings is 2. The van der Waals surface area contributed by atoms with Gasteiger partial charge in [-0.25, -0.2) is 4.99 Å². The number of nitrogens with zero attached hydrogens (tertiary/aromatic N) is 1. The highest BCUT2D eigenvalue weighted by molar-refractivity contribution is 5.94. The lowest BCUT2D eigenvalue weighted by Gasteiger charge is -2.01. The minimum absolute atomic E-state index is 0.0248. The lowest BCUT2D eigenvalue weighted by Crippen LogP contribution is -2.69. The number of carbonyl (C=O) groups is 1. The molecular weight excluding hydrogens is 284 g/mol. The predicted molar refractivity (Wildman–Crippen MR) is 82.8 cm³/mol. The Morgan fingerprint density at radius 2 is 1.91 bits per heavy atom. The Morgan fingerprint density at radius 1 is 1.23 bits per heavy atom. The standard InChI is InChI=1S/C15H14N4O3/c1-10(20)17-12-5-7-13(8-6-12)18-15(16)11-3-2-4-14(9-11)19(21)22/h2-9H,1H3,(H2,16,18)(H,17,20)/p+1. The molecule has 1 amide bonds. The molecule has 2 aromatic carbocycles. The van der Waals surface area contributed by atoms with E-state index in [9.17, 15) is 14.9 Å². The minimum Gasteiger partial charge on any atom is -0.326 e. The number of nitrogens with two attached hydrogens (primary N) is 1. The van der Waals surface area contributed by atoms with Gasteiger partial charge in [-0.3, -0.25) is 20.6 Å². The first-order valence-electron chi connectivity index (χ1n) is 6.47. The highest BCUT2D eigenvalue weighted by Gasteiger charge is 2.11. The molecule has 7 nitrogen and oxygen atoms in total. The van der Waals surface area contributed by atoms with Gasteiger partial charge in [0.25, 0.3) is 11.5 Å². The van der Waals surface area contributed by atoms with Crippen LogP contribution in [0.3, 0.4) is 0 Å². The highest BCUT2D eigenvalue weighted by Crippen LogP contribution is 2.12. The van der Waals surface area contributed by atoms with Crippen molar-refractivity contribution in [1.29, 1.82) is 0 Å². The number of nitrogens with one attached hydrogen (secondary N) is 2. The second kappa shape index (κ2) is 6.49. The summed E-state index contributed by atoms with van der Waals surface area (Å²) in [6.45, 7) is 1.43. The van der Waals surface area contributed by atoms with Crippen LogP contribution < -0.4 is 16.0 Å². The third kappa shape index (κ3) is 3.89. The number of non-ortho nitro benzene ring substituents is 1. The normalized spacial score (nSPS) is 11.0. The fourth-order valence-electron chi connectivity index (χ4n) is 1.85. The first kappa shape index (κ1) is 15.2. The van der Waals surface area contributed by atoms with Gasteiger partial charge in [0.2, 0.25) is 5.91 Å². The van der Waals surface area contributed by atoms with Gasteiger partial charge in [-0.1, -0.05) is 6.07 Å². The number of carbonyl (C=O) groups excluding carboxylic acids is 1. The van der Waals surface area contributed by atoms with Crippen molar-refractivity contribution in [3.05, 3.63) is 64.2 Å². The molecule has 4 N–H and O–H groups in total. The number of nitrogen functional groups attached to an aromatic ring is 1. The van der Waals surface area contributed by atoms with Crippen molar-refractivity contribution in [2.45, 2.75) is 6.92 Å². The first-order valence-corrected chi connectivity index (χ1v) is 6.47. The Balaban J connectivity index is 2.23. The molecule has 0 aliphatic carbocycles. The Labute approximate surface area is 126 Å². The molecule has 2 rings (SSSR count). The van der Waals surface area contributed by atoms with Gasteiger partial charge < -0.3 is 5.32 Å². The highest BCUT2D eigenvalue weighted by atomic mass is 16.6. The topological polar surface area (TPSA) is 112 Å². The van der Waals surface area contributed by atoms with E-state index in [1.54, 1.807) is 36.4 Å². The lowest BCUT2D eigenvalue weighted by atomic mass is 10.2. The van der Waals surface area contributed by atoms with Gasteiger partial charge in [-0.2, -0.15) is 0 Å². The molecule has 0 spiro atoms. The van der Waals surface area contributed by atoms with Gasteiger partial charge in [0.05, 0.1) is 10.5 Å². The second-order valence-corrected chi connectivity index (χ2v) is 4.60. The summed E-state index contributed by atoms with van der Waals surface area (Å²) in [5.41, 5.74) is 7.81. The van der Waals surface area contributed by atoms with Crippen LogP contribution in [0.1, 0.15) is 12.5 Å². The van der Waals surface area contributed by atoms with Crippen LogP contribution in [0.5, 0.6) is 0 Å². The van der Waals surface area contributed by atoms with Crippen molar-refractivity contribution in [2.75, 3.05) is 5.32 Å². The largest absolute Gasteiger partial charge is 0.326 e. The third-order valence-electron chi connectivity index (χ3n) is 2.85. The molecule has 0 fully saturated rings. The summed E-state index contributed by atoms with van der Waals surface area (Å²) < 4.78 is 0. The number of hydrogen-bond acceptors (Lipinski definition) is 3. The molecule has 0 saturated heterocycles. The predicted octanol–water partition coefficient (Wildman–Crippen LogP) is 0.671. The lowest BCUT2D eigenvalue weighted by molar-refractivity contribution is -0.385. The van der Waals surface area contributed by atoms with E-state index < -0.39 is 4.92 Å². The van der Waals surface area contributed by atoms with Gasteiger partial charge in [-0.15, -0.1) is 0 Å². The molecule has 0 radical (unpaired) electrons. The van der Waals surface area contributed by atoms with Gasteiger partial charge in [0.1, 0.15) is 5.69 Å². The third-order valence-corrected chi connectivity index (χ3v) is 2.85. The van der Waals surface area contributed by atoms with E-state index in [1.807, 2.05) is 0 Å². The van der Waals surface area contributed by atoms with Crippen LogP contribution in [0, 0.1) is 10.1 Å². The number of anilines is 1. The van der Waals surface area contributed by atoms with Crippen LogP contribution in [-0.4, -0.2) is 16.7 Å². The summed E-state index contributed by atoms with van der Waals surface area (Å²) in [5, 5.41) is 13.4. The summed E-state index contributed by atoms with van der Waals surface area (Å²) in [5.74, 6) is 0.152. The Morgan fingerprint density at radius 3 is 2.50 bits per heavy atom. The molecule has 0 atom stereocenters. The van der Waals surface area contributed by atoms with E-state index in [-0.39, 0.29) is 11.6 Å². The fraction of sp³-hybridized carbons (Fsp3) is 0.0667. The Bertz CT molecular complexity index is 739. The smallest absolute Gasteiger partial charge is 0.278 e. The maximum atomic E-state index is 10.9. The van der Waals surface area contributed by atoms with E-state index in [1.165, 1.54) is 19.1 Å². The van der Waals surface area contributed by atoms with Crippen LogP contribution in [-0.2, 0) is 4.79 Å². The van der Waals surface area contributed by atoms with E-state index in [0.29, 0.717) is 22.8 Å². The quantitative estimate of drug-likeness (QED) is 0.333. The molecule has 0 aliphatic rings. The van der Waals surface area contributed by atoms with E-state index in [0.717, 1.165) is 0 Å².